The Balaban J connectivity index is 2.06. The van der Waals surface area contributed by atoms with E-state index >= 15 is 0 Å². The van der Waals surface area contributed by atoms with E-state index in [1.807, 2.05) is 12.1 Å². The molecule has 0 spiro atoms. The molecule has 0 fully saturated rings. The van der Waals surface area contributed by atoms with E-state index in [0.717, 1.165) is 11.3 Å². The number of carbonyl (C=O) groups excluding carboxylic acids is 1. The van der Waals surface area contributed by atoms with Crippen LogP contribution in [-0.2, 0) is 16.0 Å². The smallest absolute Gasteiger partial charge is 0.326 e. The number of methoxy groups -OCH3 is 1. The van der Waals surface area contributed by atoms with Crippen molar-refractivity contribution in [3.63, 3.8) is 0 Å². The van der Waals surface area contributed by atoms with Crippen LogP contribution >= 0.6 is 0 Å². The molecule has 0 radical (unpaired) electrons. The van der Waals surface area contributed by atoms with Crippen molar-refractivity contribution in [2.75, 3.05) is 13.7 Å². The second-order valence-corrected chi connectivity index (χ2v) is 4.99. The van der Waals surface area contributed by atoms with Gasteiger partial charge in [0.15, 0.2) is 0 Å². The van der Waals surface area contributed by atoms with Gasteiger partial charge in [0.1, 0.15) is 24.1 Å². The second kappa shape index (κ2) is 6.47. The highest BCUT2D eigenvalue weighted by atomic mass is 16.5. The molecule has 0 aromatic heterocycles. The average molecular weight is 293 g/mol. The fraction of sp³-hybridized carbons (Fsp3) is 0.467. The molecule has 2 atom stereocenters. The molecule has 0 bridgehead atoms. The first-order chi connectivity index (χ1) is 10.0. The SMILES string of the molecule is CCC(NC(=O)C1COc2ccc(OC)cc2C1)C(=O)O. The largest absolute Gasteiger partial charge is 0.497 e. The highest BCUT2D eigenvalue weighted by Crippen LogP contribution is 2.30. The molecule has 1 heterocycles. The van der Waals surface area contributed by atoms with Gasteiger partial charge in [-0.1, -0.05) is 6.92 Å². The summed E-state index contributed by atoms with van der Waals surface area (Å²) in [6.07, 6.45) is 0.855. The molecule has 114 valence electrons. The average Bonchev–Trinajstić information content (AvgIpc) is 2.50. The van der Waals surface area contributed by atoms with Gasteiger partial charge in [-0.05, 0) is 36.6 Å². The van der Waals surface area contributed by atoms with Gasteiger partial charge in [0.05, 0.1) is 13.0 Å². The third-order valence-electron chi connectivity index (χ3n) is 3.57. The first-order valence-corrected chi connectivity index (χ1v) is 6.88. The number of nitrogens with one attached hydrogen (secondary N) is 1. The molecular formula is C15H19NO5. The lowest BCUT2D eigenvalue weighted by Gasteiger charge is -2.26. The Bertz CT molecular complexity index is 543. The van der Waals surface area contributed by atoms with Crippen molar-refractivity contribution in [2.45, 2.75) is 25.8 Å². The molecule has 0 saturated carbocycles. The fourth-order valence-electron chi connectivity index (χ4n) is 2.29. The van der Waals surface area contributed by atoms with Crippen molar-refractivity contribution in [2.24, 2.45) is 5.92 Å². The number of carboxylic acid groups (broad SMARTS) is 1. The lowest BCUT2D eigenvalue weighted by molar-refractivity contribution is -0.142. The topological polar surface area (TPSA) is 84.9 Å². The van der Waals surface area contributed by atoms with Crippen LogP contribution in [0.2, 0.25) is 0 Å². The van der Waals surface area contributed by atoms with Gasteiger partial charge >= 0.3 is 5.97 Å². The Morgan fingerprint density at radius 1 is 1.52 bits per heavy atom. The molecule has 1 aliphatic heterocycles. The van der Waals surface area contributed by atoms with Crippen molar-refractivity contribution in [1.29, 1.82) is 0 Å². The van der Waals surface area contributed by atoms with Crippen molar-refractivity contribution in [3.8, 4) is 11.5 Å². The van der Waals surface area contributed by atoms with E-state index in [2.05, 4.69) is 5.32 Å². The fourth-order valence-corrected chi connectivity index (χ4v) is 2.29. The summed E-state index contributed by atoms with van der Waals surface area (Å²) < 4.78 is 10.7. The molecule has 2 N–H and O–H groups in total. The van der Waals surface area contributed by atoms with Crippen LogP contribution in [0, 0.1) is 5.92 Å². The molecule has 6 nitrogen and oxygen atoms in total. The van der Waals surface area contributed by atoms with Gasteiger partial charge in [-0.25, -0.2) is 4.79 Å². The molecule has 6 heteroatoms. The van der Waals surface area contributed by atoms with Gasteiger partial charge in [0.2, 0.25) is 5.91 Å². The Kier molecular flexibility index (Phi) is 4.67. The van der Waals surface area contributed by atoms with Crippen LogP contribution < -0.4 is 14.8 Å². The minimum Gasteiger partial charge on any atom is -0.497 e. The third kappa shape index (κ3) is 3.45. The van der Waals surface area contributed by atoms with Crippen LogP contribution in [0.3, 0.4) is 0 Å². The van der Waals surface area contributed by atoms with Crippen LogP contribution in [0.25, 0.3) is 0 Å². The molecule has 2 rings (SSSR count). The maximum atomic E-state index is 12.2. The lowest BCUT2D eigenvalue weighted by Crippen LogP contribution is -2.45. The van der Waals surface area contributed by atoms with E-state index in [9.17, 15) is 9.59 Å². The number of ether oxygens (including phenoxy) is 2. The van der Waals surface area contributed by atoms with Crippen molar-refractivity contribution in [3.05, 3.63) is 23.8 Å². The lowest BCUT2D eigenvalue weighted by atomic mass is 9.95. The Hall–Kier alpha value is -2.24. The molecule has 1 amide bonds. The summed E-state index contributed by atoms with van der Waals surface area (Å²) in [5.74, 6) is -0.263. The zero-order valence-corrected chi connectivity index (χ0v) is 12.1. The second-order valence-electron chi connectivity index (χ2n) is 4.99. The van der Waals surface area contributed by atoms with Crippen molar-refractivity contribution >= 4 is 11.9 Å². The molecule has 0 aliphatic carbocycles. The number of amides is 1. The normalized spacial score (nSPS) is 18.1. The zero-order chi connectivity index (χ0) is 15.4. The number of fused-ring (bicyclic) bond motifs is 1. The first-order valence-electron chi connectivity index (χ1n) is 6.88. The first kappa shape index (κ1) is 15.2. The van der Waals surface area contributed by atoms with Gasteiger partial charge in [-0.3, -0.25) is 4.79 Å². The van der Waals surface area contributed by atoms with Gasteiger partial charge < -0.3 is 19.9 Å². The van der Waals surface area contributed by atoms with E-state index in [1.54, 1.807) is 20.1 Å². The summed E-state index contributed by atoms with van der Waals surface area (Å²) in [4.78, 5) is 23.1. The highest BCUT2D eigenvalue weighted by Gasteiger charge is 2.29. The summed E-state index contributed by atoms with van der Waals surface area (Å²) in [6.45, 7) is 1.97. The number of rotatable bonds is 5. The molecule has 1 aromatic rings. The minimum atomic E-state index is -1.02. The number of carbonyl (C=O) groups is 2. The number of carboxylic acids is 1. The summed E-state index contributed by atoms with van der Waals surface area (Å²) in [5.41, 5.74) is 0.893. The Labute approximate surface area is 123 Å². The Morgan fingerprint density at radius 2 is 2.29 bits per heavy atom. The maximum absolute atomic E-state index is 12.2. The number of aliphatic carboxylic acids is 1. The van der Waals surface area contributed by atoms with Crippen LogP contribution in [0.1, 0.15) is 18.9 Å². The zero-order valence-electron chi connectivity index (χ0n) is 12.1. The quantitative estimate of drug-likeness (QED) is 0.853. The van der Waals surface area contributed by atoms with Gasteiger partial charge in [0.25, 0.3) is 0 Å². The minimum absolute atomic E-state index is 0.251. The van der Waals surface area contributed by atoms with E-state index in [4.69, 9.17) is 14.6 Å². The summed E-state index contributed by atoms with van der Waals surface area (Å²) in [6, 6.07) is 4.60. The molecule has 0 saturated heterocycles. The van der Waals surface area contributed by atoms with E-state index in [0.29, 0.717) is 18.6 Å². The monoisotopic (exact) mass is 293 g/mol. The van der Waals surface area contributed by atoms with Crippen LogP contribution in [0.5, 0.6) is 11.5 Å². The molecular weight excluding hydrogens is 274 g/mol. The van der Waals surface area contributed by atoms with E-state index in [1.165, 1.54) is 0 Å². The van der Waals surface area contributed by atoms with Crippen molar-refractivity contribution in [1.82, 2.24) is 5.32 Å². The van der Waals surface area contributed by atoms with Gasteiger partial charge in [-0.2, -0.15) is 0 Å². The molecule has 1 aromatic carbocycles. The third-order valence-corrected chi connectivity index (χ3v) is 3.57. The van der Waals surface area contributed by atoms with Crippen molar-refractivity contribution < 1.29 is 24.2 Å². The van der Waals surface area contributed by atoms with Crippen LogP contribution in [0.15, 0.2) is 18.2 Å². The molecule has 21 heavy (non-hydrogen) atoms. The van der Waals surface area contributed by atoms with E-state index < -0.39 is 17.9 Å². The maximum Gasteiger partial charge on any atom is 0.326 e. The standard InChI is InChI=1S/C15H19NO5/c1-3-12(15(18)19)16-14(17)10-6-9-7-11(20-2)4-5-13(9)21-8-10/h4-5,7,10,12H,3,6,8H2,1-2H3,(H,16,17)(H,18,19). The predicted octanol–water partition coefficient (Wildman–Crippen LogP) is 1.23. The van der Waals surface area contributed by atoms with E-state index in [-0.39, 0.29) is 12.5 Å². The number of hydrogen-bond donors (Lipinski definition) is 2. The summed E-state index contributed by atoms with van der Waals surface area (Å²) >= 11 is 0. The Morgan fingerprint density at radius 3 is 2.90 bits per heavy atom. The number of benzene rings is 1. The molecule has 1 aliphatic rings. The summed E-state index contributed by atoms with van der Waals surface area (Å²) in [5, 5.41) is 11.5. The predicted molar refractivity (Wildman–Crippen MR) is 75.5 cm³/mol. The number of hydrogen-bond acceptors (Lipinski definition) is 4. The molecule has 2 unspecified atom stereocenters. The van der Waals surface area contributed by atoms with Crippen LogP contribution in [0.4, 0.5) is 0 Å². The van der Waals surface area contributed by atoms with Gasteiger partial charge in [0, 0.05) is 0 Å². The van der Waals surface area contributed by atoms with Crippen LogP contribution in [-0.4, -0.2) is 36.7 Å². The highest BCUT2D eigenvalue weighted by molar-refractivity contribution is 5.85. The van der Waals surface area contributed by atoms with Gasteiger partial charge in [-0.15, -0.1) is 0 Å². The summed E-state index contributed by atoms with van der Waals surface area (Å²) in [7, 11) is 1.58.